The molecule has 3 rings (SSSR count). The van der Waals surface area contributed by atoms with E-state index in [1.54, 1.807) is 0 Å². The topological polar surface area (TPSA) is 53.1 Å². The van der Waals surface area contributed by atoms with Crippen molar-refractivity contribution in [3.05, 3.63) is 40.0 Å². The summed E-state index contributed by atoms with van der Waals surface area (Å²) in [5.41, 5.74) is 8.96. The minimum Gasteiger partial charge on any atom is -0.493 e. The summed E-state index contributed by atoms with van der Waals surface area (Å²) in [5, 5.41) is 5.00. The molecule has 0 saturated heterocycles. The summed E-state index contributed by atoms with van der Waals surface area (Å²) in [7, 11) is 0. The standard InChI is InChI=1S/C13H14ClN3O/c1-8-6-17(16-13(8)15)7-10-5-11(14)4-9-2-3-18-12(9)10/h4-6H,2-3,7H2,1H3,(H2,15,16). The zero-order valence-corrected chi connectivity index (χ0v) is 10.9. The largest absolute Gasteiger partial charge is 0.493 e. The molecule has 0 fully saturated rings. The van der Waals surface area contributed by atoms with Gasteiger partial charge in [-0.2, -0.15) is 5.10 Å². The van der Waals surface area contributed by atoms with E-state index in [1.165, 1.54) is 5.56 Å². The lowest BCUT2D eigenvalue weighted by molar-refractivity contribution is 0.352. The molecule has 0 saturated carbocycles. The molecule has 2 heterocycles. The summed E-state index contributed by atoms with van der Waals surface area (Å²) in [6.45, 7) is 3.29. The highest BCUT2D eigenvalue weighted by molar-refractivity contribution is 6.30. The maximum absolute atomic E-state index is 6.12. The molecule has 1 aliphatic heterocycles. The van der Waals surface area contributed by atoms with Crippen molar-refractivity contribution in [2.75, 3.05) is 12.3 Å². The van der Waals surface area contributed by atoms with Gasteiger partial charge < -0.3 is 10.5 Å². The van der Waals surface area contributed by atoms with Crippen LogP contribution in [-0.4, -0.2) is 16.4 Å². The van der Waals surface area contributed by atoms with Crippen molar-refractivity contribution in [2.24, 2.45) is 0 Å². The van der Waals surface area contributed by atoms with Crippen LogP contribution in [-0.2, 0) is 13.0 Å². The lowest BCUT2D eigenvalue weighted by atomic mass is 10.1. The van der Waals surface area contributed by atoms with Gasteiger partial charge in [0.2, 0.25) is 0 Å². The van der Waals surface area contributed by atoms with Crippen LogP contribution < -0.4 is 10.5 Å². The highest BCUT2D eigenvalue weighted by Crippen LogP contribution is 2.33. The Hall–Kier alpha value is -1.68. The molecule has 0 amide bonds. The van der Waals surface area contributed by atoms with E-state index in [0.29, 0.717) is 12.4 Å². The SMILES string of the molecule is Cc1cn(Cc2cc(Cl)cc3c2OCC3)nc1N. The first-order chi connectivity index (χ1) is 8.63. The molecular formula is C13H14ClN3O. The molecule has 2 N–H and O–H groups in total. The van der Waals surface area contributed by atoms with Crippen LogP contribution in [0, 0.1) is 6.92 Å². The van der Waals surface area contributed by atoms with Crippen molar-refractivity contribution in [3.8, 4) is 5.75 Å². The predicted octanol–water partition coefficient (Wildman–Crippen LogP) is 2.41. The van der Waals surface area contributed by atoms with Crippen LogP contribution in [0.4, 0.5) is 5.82 Å². The number of hydrogen-bond acceptors (Lipinski definition) is 3. The van der Waals surface area contributed by atoms with Crippen molar-refractivity contribution in [1.82, 2.24) is 9.78 Å². The number of nitrogen functional groups attached to an aromatic ring is 1. The molecule has 1 aliphatic rings. The van der Waals surface area contributed by atoms with E-state index in [4.69, 9.17) is 22.1 Å². The van der Waals surface area contributed by atoms with Crippen LogP contribution in [0.1, 0.15) is 16.7 Å². The number of fused-ring (bicyclic) bond motifs is 1. The Balaban J connectivity index is 1.97. The van der Waals surface area contributed by atoms with Crippen molar-refractivity contribution in [3.63, 3.8) is 0 Å². The van der Waals surface area contributed by atoms with E-state index >= 15 is 0 Å². The summed E-state index contributed by atoms with van der Waals surface area (Å²) < 4.78 is 7.48. The van der Waals surface area contributed by atoms with Gasteiger partial charge in [0.25, 0.3) is 0 Å². The number of ether oxygens (including phenoxy) is 1. The molecule has 0 aliphatic carbocycles. The number of benzene rings is 1. The molecule has 1 aromatic carbocycles. The molecule has 94 valence electrons. The van der Waals surface area contributed by atoms with Gasteiger partial charge >= 0.3 is 0 Å². The molecule has 0 atom stereocenters. The fraction of sp³-hybridized carbons (Fsp3) is 0.308. The number of rotatable bonds is 2. The van der Waals surface area contributed by atoms with E-state index in [9.17, 15) is 0 Å². The lowest BCUT2D eigenvalue weighted by Crippen LogP contribution is -2.03. The summed E-state index contributed by atoms with van der Waals surface area (Å²) in [4.78, 5) is 0. The number of anilines is 1. The number of hydrogen-bond donors (Lipinski definition) is 1. The van der Waals surface area contributed by atoms with Gasteiger partial charge in [-0.3, -0.25) is 4.68 Å². The smallest absolute Gasteiger partial charge is 0.148 e. The normalized spacial score (nSPS) is 13.4. The minimum atomic E-state index is 0.564. The average Bonchev–Trinajstić information content (AvgIpc) is 2.86. The maximum atomic E-state index is 6.12. The van der Waals surface area contributed by atoms with Gasteiger partial charge in [-0.05, 0) is 24.6 Å². The van der Waals surface area contributed by atoms with Crippen molar-refractivity contribution >= 4 is 17.4 Å². The van der Waals surface area contributed by atoms with Crippen LogP contribution in [0.5, 0.6) is 5.75 Å². The predicted molar refractivity (Wildman–Crippen MR) is 71.1 cm³/mol. The van der Waals surface area contributed by atoms with E-state index in [-0.39, 0.29) is 0 Å². The monoisotopic (exact) mass is 263 g/mol. The van der Waals surface area contributed by atoms with Gasteiger partial charge in [0.15, 0.2) is 0 Å². The number of aryl methyl sites for hydroxylation is 1. The second kappa shape index (κ2) is 4.21. The fourth-order valence-corrected chi connectivity index (χ4v) is 2.52. The highest BCUT2D eigenvalue weighted by atomic mass is 35.5. The van der Waals surface area contributed by atoms with Gasteiger partial charge in [0, 0.05) is 28.8 Å². The molecule has 1 aromatic heterocycles. The number of halogens is 1. The molecule has 2 aromatic rings. The molecule has 18 heavy (non-hydrogen) atoms. The van der Waals surface area contributed by atoms with E-state index in [1.807, 2.05) is 29.9 Å². The molecular weight excluding hydrogens is 250 g/mol. The Morgan fingerprint density at radius 2 is 2.33 bits per heavy atom. The van der Waals surface area contributed by atoms with Gasteiger partial charge in [-0.15, -0.1) is 0 Å². The molecule has 0 radical (unpaired) electrons. The quantitative estimate of drug-likeness (QED) is 0.905. The summed E-state index contributed by atoms with van der Waals surface area (Å²) >= 11 is 6.12. The summed E-state index contributed by atoms with van der Waals surface area (Å²) in [5.74, 6) is 1.51. The lowest BCUT2D eigenvalue weighted by Gasteiger charge is -2.09. The second-order valence-electron chi connectivity index (χ2n) is 4.55. The Bertz CT molecular complexity index is 587. The second-order valence-corrected chi connectivity index (χ2v) is 4.98. The van der Waals surface area contributed by atoms with E-state index in [2.05, 4.69) is 5.10 Å². The molecule has 5 heteroatoms. The van der Waals surface area contributed by atoms with E-state index < -0.39 is 0 Å². The maximum Gasteiger partial charge on any atom is 0.148 e. The van der Waals surface area contributed by atoms with Gasteiger partial charge in [0.05, 0.1) is 13.2 Å². The number of nitrogens with zero attached hydrogens (tertiary/aromatic N) is 2. The van der Waals surface area contributed by atoms with Gasteiger partial charge in [0.1, 0.15) is 11.6 Å². The van der Waals surface area contributed by atoms with Gasteiger partial charge in [-0.25, -0.2) is 0 Å². The third-order valence-corrected chi connectivity index (χ3v) is 3.36. The first-order valence-corrected chi connectivity index (χ1v) is 6.25. The van der Waals surface area contributed by atoms with Crippen LogP contribution in [0.15, 0.2) is 18.3 Å². The Morgan fingerprint density at radius 1 is 1.50 bits per heavy atom. The van der Waals surface area contributed by atoms with E-state index in [0.717, 1.165) is 34.9 Å². The zero-order chi connectivity index (χ0) is 12.7. The zero-order valence-electron chi connectivity index (χ0n) is 10.1. The molecule has 0 spiro atoms. The fourth-order valence-electron chi connectivity index (χ4n) is 2.25. The van der Waals surface area contributed by atoms with Gasteiger partial charge in [-0.1, -0.05) is 11.6 Å². The van der Waals surface area contributed by atoms with Crippen molar-refractivity contribution < 1.29 is 4.74 Å². The number of nitrogens with two attached hydrogens (primary N) is 1. The Morgan fingerprint density at radius 3 is 3.06 bits per heavy atom. The van der Waals surface area contributed by atoms with Crippen LogP contribution in [0.2, 0.25) is 5.02 Å². The first-order valence-electron chi connectivity index (χ1n) is 5.87. The Labute approximate surface area is 110 Å². The van der Waals surface area contributed by atoms with Crippen molar-refractivity contribution in [2.45, 2.75) is 19.9 Å². The summed E-state index contributed by atoms with van der Waals surface area (Å²) in [6, 6.07) is 3.90. The first kappa shape index (κ1) is 11.4. The third kappa shape index (κ3) is 1.93. The van der Waals surface area contributed by atoms with Crippen LogP contribution >= 0.6 is 11.6 Å². The van der Waals surface area contributed by atoms with Crippen LogP contribution in [0.3, 0.4) is 0 Å². The average molecular weight is 264 g/mol. The van der Waals surface area contributed by atoms with Crippen LogP contribution in [0.25, 0.3) is 0 Å². The molecule has 0 unspecified atom stereocenters. The third-order valence-electron chi connectivity index (χ3n) is 3.14. The minimum absolute atomic E-state index is 0.564. The Kier molecular flexibility index (Phi) is 2.67. The highest BCUT2D eigenvalue weighted by Gasteiger charge is 2.18. The number of aromatic nitrogens is 2. The summed E-state index contributed by atoms with van der Waals surface area (Å²) in [6.07, 6.45) is 2.85. The molecule has 0 bridgehead atoms. The molecule has 4 nitrogen and oxygen atoms in total. The van der Waals surface area contributed by atoms with Crippen molar-refractivity contribution in [1.29, 1.82) is 0 Å².